The van der Waals surface area contributed by atoms with Crippen LogP contribution in [-0.4, -0.2) is 27.5 Å². The van der Waals surface area contributed by atoms with E-state index < -0.39 is 0 Å². The molecule has 1 saturated heterocycles. The number of aromatic nitrogens is 2. The van der Waals surface area contributed by atoms with Gasteiger partial charge in [-0.1, -0.05) is 6.92 Å². The Morgan fingerprint density at radius 2 is 2.50 bits per heavy atom. The summed E-state index contributed by atoms with van der Waals surface area (Å²) in [6, 6.07) is 2.64. The molecule has 14 heavy (non-hydrogen) atoms. The van der Waals surface area contributed by atoms with E-state index in [1.807, 2.05) is 17.8 Å². The van der Waals surface area contributed by atoms with E-state index in [1.54, 1.807) is 6.33 Å². The van der Waals surface area contributed by atoms with Crippen LogP contribution in [0.15, 0.2) is 12.4 Å². The van der Waals surface area contributed by atoms with E-state index in [0.29, 0.717) is 6.04 Å². The lowest BCUT2D eigenvalue weighted by Crippen LogP contribution is -2.19. The third kappa shape index (κ3) is 2.38. The second kappa shape index (κ2) is 4.64. The largest absolute Gasteiger partial charge is 0.366 e. The Morgan fingerprint density at radius 3 is 3.21 bits per heavy atom. The van der Waals surface area contributed by atoms with Gasteiger partial charge in [0, 0.05) is 23.6 Å². The van der Waals surface area contributed by atoms with Gasteiger partial charge in [-0.05, 0) is 18.6 Å². The van der Waals surface area contributed by atoms with E-state index in [9.17, 15) is 0 Å². The molecule has 1 aromatic rings. The summed E-state index contributed by atoms with van der Waals surface area (Å²) < 4.78 is 0. The average molecular weight is 209 g/mol. The number of anilines is 1. The van der Waals surface area contributed by atoms with Crippen molar-refractivity contribution in [1.29, 1.82) is 0 Å². The molecule has 0 amide bonds. The molecular formula is C10H15N3S. The maximum Gasteiger partial charge on any atom is 0.129 e. The zero-order valence-electron chi connectivity index (χ0n) is 8.36. The van der Waals surface area contributed by atoms with E-state index in [-0.39, 0.29) is 0 Å². The minimum absolute atomic E-state index is 0.597. The quantitative estimate of drug-likeness (QED) is 0.825. The highest BCUT2D eigenvalue weighted by Gasteiger charge is 2.15. The van der Waals surface area contributed by atoms with Crippen molar-refractivity contribution in [2.45, 2.75) is 25.8 Å². The first-order chi connectivity index (χ1) is 6.88. The molecule has 0 saturated carbocycles. The topological polar surface area (TPSA) is 37.8 Å². The zero-order chi connectivity index (χ0) is 9.80. The van der Waals surface area contributed by atoms with Gasteiger partial charge >= 0.3 is 0 Å². The van der Waals surface area contributed by atoms with Gasteiger partial charge in [-0.25, -0.2) is 9.97 Å². The third-order valence-corrected chi connectivity index (χ3v) is 3.53. The van der Waals surface area contributed by atoms with Crippen LogP contribution in [0.5, 0.6) is 0 Å². The van der Waals surface area contributed by atoms with Crippen LogP contribution in [0.3, 0.4) is 0 Å². The van der Waals surface area contributed by atoms with Crippen molar-refractivity contribution in [3.8, 4) is 0 Å². The number of thioether (sulfide) groups is 1. The van der Waals surface area contributed by atoms with Gasteiger partial charge in [0.2, 0.25) is 0 Å². The van der Waals surface area contributed by atoms with Gasteiger partial charge < -0.3 is 5.32 Å². The van der Waals surface area contributed by atoms with Crippen molar-refractivity contribution in [1.82, 2.24) is 9.97 Å². The normalized spacial score (nSPS) is 21.1. The summed E-state index contributed by atoms with van der Waals surface area (Å²) in [7, 11) is 0. The number of nitrogens with zero attached hydrogens (tertiary/aromatic N) is 2. The molecule has 1 atom stereocenters. The molecule has 3 nitrogen and oxygen atoms in total. The van der Waals surface area contributed by atoms with Gasteiger partial charge in [0.05, 0.1) is 0 Å². The summed E-state index contributed by atoms with van der Waals surface area (Å²) >= 11 is 2.01. The van der Waals surface area contributed by atoms with Crippen LogP contribution in [0.4, 0.5) is 5.82 Å². The summed E-state index contributed by atoms with van der Waals surface area (Å²) in [5.41, 5.74) is 1.10. The van der Waals surface area contributed by atoms with Crippen molar-refractivity contribution in [2.24, 2.45) is 0 Å². The van der Waals surface area contributed by atoms with Gasteiger partial charge in [-0.3, -0.25) is 0 Å². The Hall–Kier alpha value is -0.770. The summed E-state index contributed by atoms with van der Waals surface area (Å²) in [5.74, 6) is 3.44. The van der Waals surface area contributed by atoms with Crippen LogP contribution < -0.4 is 5.32 Å². The molecule has 1 fully saturated rings. The van der Waals surface area contributed by atoms with Crippen LogP contribution in [0.2, 0.25) is 0 Å². The molecule has 0 bridgehead atoms. The zero-order valence-corrected chi connectivity index (χ0v) is 9.18. The van der Waals surface area contributed by atoms with Gasteiger partial charge in [0.1, 0.15) is 12.1 Å². The van der Waals surface area contributed by atoms with Gasteiger partial charge in [0.15, 0.2) is 0 Å². The average Bonchev–Trinajstić information content (AvgIpc) is 2.71. The van der Waals surface area contributed by atoms with Gasteiger partial charge in [-0.2, -0.15) is 11.8 Å². The standard InChI is InChI=1S/C10H15N3S/c1-2-8-5-10(12-7-11-8)13-9-3-4-14-6-9/h5,7,9H,2-4,6H2,1H3,(H,11,12,13). The highest BCUT2D eigenvalue weighted by atomic mass is 32.2. The molecule has 2 rings (SSSR count). The van der Waals surface area contributed by atoms with E-state index in [2.05, 4.69) is 22.2 Å². The Labute approximate surface area is 88.7 Å². The predicted octanol–water partition coefficient (Wildman–Crippen LogP) is 1.96. The van der Waals surface area contributed by atoms with Crippen molar-refractivity contribution in [2.75, 3.05) is 16.8 Å². The second-order valence-corrected chi connectivity index (χ2v) is 4.60. The first-order valence-corrected chi connectivity index (χ1v) is 6.19. The Morgan fingerprint density at radius 1 is 1.57 bits per heavy atom. The lowest BCUT2D eigenvalue weighted by molar-refractivity contribution is 0.803. The highest BCUT2D eigenvalue weighted by Crippen LogP contribution is 2.20. The fourth-order valence-electron chi connectivity index (χ4n) is 1.53. The lowest BCUT2D eigenvalue weighted by atomic mass is 10.2. The first-order valence-electron chi connectivity index (χ1n) is 5.03. The van der Waals surface area contributed by atoms with Crippen LogP contribution >= 0.6 is 11.8 Å². The molecule has 1 aromatic heterocycles. The van der Waals surface area contributed by atoms with Gasteiger partial charge in [0.25, 0.3) is 0 Å². The molecule has 76 valence electrons. The van der Waals surface area contributed by atoms with Crippen LogP contribution in [-0.2, 0) is 6.42 Å². The van der Waals surface area contributed by atoms with E-state index in [4.69, 9.17) is 0 Å². The fraction of sp³-hybridized carbons (Fsp3) is 0.600. The van der Waals surface area contributed by atoms with Crippen LogP contribution in [0.25, 0.3) is 0 Å². The SMILES string of the molecule is CCc1cc(NC2CCSC2)ncn1. The molecular weight excluding hydrogens is 194 g/mol. The predicted molar refractivity (Wildman–Crippen MR) is 60.8 cm³/mol. The van der Waals surface area contributed by atoms with E-state index >= 15 is 0 Å². The monoisotopic (exact) mass is 209 g/mol. The molecule has 0 spiro atoms. The highest BCUT2D eigenvalue weighted by molar-refractivity contribution is 7.99. The number of hydrogen-bond donors (Lipinski definition) is 1. The minimum atomic E-state index is 0.597. The summed E-state index contributed by atoms with van der Waals surface area (Å²) in [6.45, 7) is 2.11. The van der Waals surface area contributed by atoms with Crippen LogP contribution in [0.1, 0.15) is 19.0 Å². The summed E-state index contributed by atoms with van der Waals surface area (Å²) in [6.07, 6.45) is 3.86. The van der Waals surface area contributed by atoms with Crippen molar-refractivity contribution >= 4 is 17.6 Å². The fourth-order valence-corrected chi connectivity index (χ4v) is 2.68. The molecule has 1 aliphatic heterocycles. The smallest absolute Gasteiger partial charge is 0.129 e. The molecule has 0 radical (unpaired) electrons. The molecule has 1 aliphatic rings. The molecule has 0 aromatic carbocycles. The van der Waals surface area contributed by atoms with Crippen molar-refractivity contribution in [3.63, 3.8) is 0 Å². The number of nitrogens with one attached hydrogen (secondary N) is 1. The minimum Gasteiger partial charge on any atom is -0.366 e. The number of hydrogen-bond acceptors (Lipinski definition) is 4. The van der Waals surface area contributed by atoms with Crippen LogP contribution in [0, 0.1) is 0 Å². The number of rotatable bonds is 3. The third-order valence-electron chi connectivity index (χ3n) is 2.37. The summed E-state index contributed by atoms with van der Waals surface area (Å²) in [4.78, 5) is 8.40. The Kier molecular flexibility index (Phi) is 3.24. The van der Waals surface area contributed by atoms with Crippen molar-refractivity contribution < 1.29 is 0 Å². The second-order valence-electron chi connectivity index (χ2n) is 3.45. The molecule has 4 heteroatoms. The molecule has 0 aliphatic carbocycles. The van der Waals surface area contributed by atoms with E-state index in [0.717, 1.165) is 17.9 Å². The lowest BCUT2D eigenvalue weighted by Gasteiger charge is -2.11. The van der Waals surface area contributed by atoms with Crippen molar-refractivity contribution in [3.05, 3.63) is 18.1 Å². The molecule has 1 unspecified atom stereocenters. The summed E-state index contributed by atoms with van der Waals surface area (Å²) in [5, 5.41) is 3.44. The molecule has 1 N–H and O–H groups in total. The Balaban J connectivity index is 2.00. The molecule has 2 heterocycles. The van der Waals surface area contributed by atoms with Gasteiger partial charge in [-0.15, -0.1) is 0 Å². The van der Waals surface area contributed by atoms with E-state index in [1.165, 1.54) is 17.9 Å². The maximum absolute atomic E-state index is 4.22. The maximum atomic E-state index is 4.22. The number of aryl methyl sites for hydroxylation is 1. The first kappa shape index (κ1) is 9.77. The Bertz CT molecular complexity index is 297.